The van der Waals surface area contributed by atoms with Crippen LogP contribution in [-0.2, 0) is 17.6 Å². The summed E-state index contributed by atoms with van der Waals surface area (Å²) in [5, 5.41) is 13.8. The normalized spacial score (nSPS) is 12.9. The van der Waals surface area contributed by atoms with Crippen molar-refractivity contribution >= 4 is 50.6 Å². The number of non-ortho nitro benzene ring substituents is 1. The minimum atomic E-state index is -0.421. The van der Waals surface area contributed by atoms with Crippen LogP contribution < -0.4 is 5.32 Å². The number of fused-ring (bicyclic) bond motifs is 2. The van der Waals surface area contributed by atoms with Crippen molar-refractivity contribution in [3.05, 3.63) is 57.6 Å². The van der Waals surface area contributed by atoms with Crippen LogP contribution >= 0.6 is 23.1 Å². The highest BCUT2D eigenvalue weighted by atomic mass is 32.2. The summed E-state index contributed by atoms with van der Waals surface area (Å²) in [6.07, 6.45) is 3.37. The summed E-state index contributed by atoms with van der Waals surface area (Å²) in [4.78, 5) is 27.0. The molecule has 4 rings (SSSR count). The first-order valence-electron chi connectivity index (χ1n) is 8.18. The monoisotopic (exact) mass is 385 g/mol. The number of aryl methyl sites for hydroxylation is 2. The summed E-state index contributed by atoms with van der Waals surface area (Å²) in [7, 11) is 0. The van der Waals surface area contributed by atoms with E-state index in [2.05, 4.69) is 22.4 Å². The minimum Gasteiger partial charge on any atom is -0.325 e. The lowest BCUT2D eigenvalue weighted by Crippen LogP contribution is -2.14. The first kappa shape index (κ1) is 17.0. The number of benzene rings is 2. The summed E-state index contributed by atoms with van der Waals surface area (Å²) in [5.74, 6) is 0.164. The number of anilines is 1. The Bertz CT molecular complexity index is 1020. The van der Waals surface area contributed by atoms with Gasteiger partial charge < -0.3 is 5.32 Å². The summed E-state index contributed by atoms with van der Waals surface area (Å²) in [6.45, 7) is 0. The molecule has 0 atom stereocenters. The Hall–Kier alpha value is -2.45. The van der Waals surface area contributed by atoms with E-state index in [1.54, 1.807) is 6.07 Å². The molecule has 0 spiro atoms. The molecular formula is C18H15N3O3S2. The van der Waals surface area contributed by atoms with Gasteiger partial charge in [0.2, 0.25) is 5.91 Å². The molecule has 0 radical (unpaired) electrons. The van der Waals surface area contributed by atoms with Crippen molar-refractivity contribution < 1.29 is 9.72 Å². The van der Waals surface area contributed by atoms with E-state index in [0.717, 1.165) is 27.6 Å². The van der Waals surface area contributed by atoms with Gasteiger partial charge in [0.05, 0.1) is 20.9 Å². The van der Waals surface area contributed by atoms with E-state index in [0.29, 0.717) is 5.52 Å². The van der Waals surface area contributed by atoms with E-state index in [1.165, 1.54) is 52.8 Å². The number of amides is 1. The van der Waals surface area contributed by atoms with Gasteiger partial charge in [0, 0.05) is 17.8 Å². The van der Waals surface area contributed by atoms with Gasteiger partial charge in [-0.05, 0) is 48.6 Å². The van der Waals surface area contributed by atoms with E-state index >= 15 is 0 Å². The molecule has 0 saturated heterocycles. The molecule has 0 saturated carbocycles. The molecule has 1 aromatic heterocycles. The van der Waals surface area contributed by atoms with Crippen LogP contribution in [0.1, 0.15) is 17.5 Å². The van der Waals surface area contributed by atoms with Gasteiger partial charge in [-0.2, -0.15) is 0 Å². The molecule has 0 fully saturated rings. The van der Waals surface area contributed by atoms with E-state index in [1.807, 2.05) is 6.07 Å². The zero-order chi connectivity index (χ0) is 18.1. The molecule has 0 aliphatic heterocycles. The van der Waals surface area contributed by atoms with Crippen LogP contribution in [0.25, 0.3) is 10.2 Å². The summed E-state index contributed by atoms with van der Waals surface area (Å²) < 4.78 is 1.48. The molecule has 0 unspecified atom stereocenters. The van der Waals surface area contributed by atoms with Gasteiger partial charge in [-0.1, -0.05) is 17.8 Å². The number of nitro groups is 1. The Morgan fingerprint density at radius 1 is 1.23 bits per heavy atom. The second-order valence-corrected chi connectivity index (χ2v) is 8.32. The number of carbonyl (C=O) groups excluding carboxylic acids is 1. The van der Waals surface area contributed by atoms with Gasteiger partial charge in [-0.3, -0.25) is 14.9 Å². The molecule has 1 N–H and O–H groups in total. The highest BCUT2D eigenvalue weighted by Gasteiger charge is 2.14. The second kappa shape index (κ2) is 7.05. The molecule has 8 heteroatoms. The number of nitro benzene ring substituents is 1. The number of rotatable bonds is 5. The standard InChI is InChI=1S/C18H15N3O3S2/c22-17(19-13-5-4-11-2-1-3-12(11)8-13)10-25-18-20-15-7-6-14(21(23)24)9-16(15)26-18/h4-9H,1-3,10H2,(H,19,22). The average Bonchev–Trinajstić information content (AvgIpc) is 3.24. The number of hydrogen-bond acceptors (Lipinski definition) is 6. The van der Waals surface area contributed by atoms with Crippen LogP contribution in [0.5, 0.6) is 0 Å². The fourth-order valence-corrected chi connectivity index (χ4v) is 4.94. The Kier molecular flexibility index (Phi) is 4.60. The van der Waals surface area contributed by atoms with Crippen molar-refractivity contribution in [2.75, 3.05) is 11.1 Å². The molecular weight excluding hydrogens is 370 g/mol. The Morgan fingerprint density at radius 2 is 2.08 bits per heavy atom. The van der Waals surface area contributed by atoms with Gasteiger partial charge in [0.15, 0.2) is 4.34 Å². The summed E-state index contributed by atoms with van der Waals surface area (Å²) >= 11 is 2.70. The third-order valence-corrected chi connectivity index (χ3v) is 6.43. The molecule has 132 valence electrons. The van der Waals surface area contributed by atoms with Crippen molar-refractivity contribution in [2.24, 2.45) is 0 Å². The van der Waals surface area contributed by atoms with Crippen molar-refractivity contribution in [1.29, 1.82) is 0 Å². The molecule has 1 aliphatic carbocycles. The predicted octanol–water partition coefficient (Wildman–Crippen LogP) is 4.42. The van der Waals surface area contributed by atoms with Crippen LogP contribution in [0, 0.1) is 10.1 Å². The highest BCUT2D eigenvalue weighted by molar-refractivity contribution is 8.01. The molecule has 26 heavy (non-hydrogen) atoms. The number of carbonyl (C=O) groups is 1. The quantitative estimate of drug-likeness (QED) is 0.399. The molecule has 1 amide bonds. The molecule has 1 heterocycles. The van der Waals surface area contributed by atoms with Crippen LogP contribution in [0.4, 0.5) is 11.4 Å². The number of nitrogens with zero attached hydrogens (tertiary/aromatic N) is 2. The number of aromatic nitrogens is 1. The Balaban J connectivity index is 1.39. The van der Waals surface area contributed by atoms with Gasteiger partial charge in [0.25, 0.3) is 5.69 Å². The number of hydrogen-bond donors (Lipinski definition) is 1. The van der Waals surface area contributed by atoms with E-state index in [4.69, 9.17) is 0 Å². The predicted molar refractivity (Wildman–Crippen MR) is 104 cm³/mol. The third-order valence-electron chi connectivity index (χ3n) is 4.27. The van der Waals surface area contributed by atoms with Crippen LogP contribution in [0.15, 0.2) is 40.7 Å². The summed E-state index contributed by atoms with van der Waals surface area (Å²) in [5.41, 5.74) is 4.29. The number of nitrogens with one attached hydrogen (secondary N) is 1. The number of thiazole rings is 1. The van der Waals surface area contributed by atoms with E-state index < -0.39 is 4.92 Å². The zero-order valence-corrected chi connectivity index (χ0v) is 15.4. The first-order valence-corrected chi connectivity index (χ1v) is 9.98. The van der Waals surface area contributed by atoms with E-state index in [9.17, 15) is 14.9 Å². The molecule has 1 aliphatic rings. The SMILES string of the molecule is O=C(CSc1nc2ccc([N+](=O)[O-])cc2s1)Nc1ccc2c(c1)CCC2. The lowest BCUT2D eigenvalue weighted by Gasteiger charge is -2.06. The topological polar surface area (TPSA) is 85.1 Å². The maximum atomic E-state index is 12.2. The lowest BCUT2D eigenvalue weighted by molar-refractivity contribution is -0.384. The average molecular weight is 385 g/mol. The molecule has 0 bridgehead atoms. The van der Waals surface area contributed by atoms with Crippen LogP contribution in [-0.4, -0.2) is 21.6 Å². The van der Waals surface area contributed by atoms with Gasteiger partial charge in [-0.15, -0.1) is 11.3 Å². The molecule has 3 aromatic rings. The first-order chi connectivity index (χ1) is 12.6. The Labute approximate surface area is 157 Å². The second-order valence-electron chi connectivity index (χ2n) is 6.06. The van der Waals surface area contributed by atoms with Gasteiger partial charge in [-0.25, -0.2) is 4.98 Å². The van der Waals surface area contributed by atoms with E-state index in [-0.39, 0.29) is 17.3 Å². The van der Waals surface area contributed by atoms with Crippen molar-refractivity contribution in [1.82, 2.24) is 4.98 Å². The molecule has 6 nitrogen and oxygen atoms in total. The number of thioether (sulfide) groups is 1. The van der Waals surface area contributed by atoms with Crippen LogP contribution in [0.3, 0.4) is 0 Å². The van der Waals surface area contributed by atoms with Crippen molar-refractivity contribution in [2.45, 2.75) is 23.6 Å². The largest absolute Gasteiger partial charge is 0.325 e. The van der Waals surface area contributed by atoms with Crippen molar-refractivity contribution in [3.63, 3.8) is 0 Å². The minimum absolute atomic E-state index is 0.0482. The third kappa shape index (κ3) is 3.56. The van der Waals surface area contributed by atoms with Gasteiger partial charge in [0.1, 0.15) is 0 Å². The van der Waals surface area contributed by atoms with Crippen molar-refractivity contribution in [3.8, 4) is 0 Å². The lowest BCUT2D eigenvalue weighted by atomic mass is 10.1. The molecule has 2 aromatic carbocycles. The fourth-order valence-electron chi connectivity index (χ4n) is 3.04. The highest BCUT2D eigenvalue weighted by Crippen LogP contribution is 2.32. The maximum absolute atomic E-state index is 12.2. The van der Waals surface area contributed by atoms with Crippen LogP contribution in [0.2, 0.25) is 0 Å². The summed E-state index contributed by atoms with van der Waals surface area (Å²) in [6, 6.07) is 10.7. The zero-order valence-electron chi connectivity index (χ0n) is 13.7. The Morgan fingerprint density at radius 3 is 2.92 bits per heavy atom. The smallest absolute Gasteiger partial charge is 0.270 e. The maximum Gasteiger partial charge on any atom is 0.270 e. The van der Waals surface area contributed by atoms with Gasteiger partial charge >= 0.3 is 0 Å². The fraction of sp³-hybridized carbons (Fsp3) is 0.222.